The fourth-order valence-corrected chi connectivity index (χ4v) is 3.06. The van der Waals surface area contributed by atoms with Gasteiger partial charge in [0.15, 0.2) is 9.84 Å². The first-order valence-corrected chi connectivity index (χ1v) is 10.7. The predicted molar refractivity (Wildman–Crippen MR) is 107 cm³/mol. The van der Waals surface area contributed by atoms with Crippen molar-refractivity contribution in [2.45, 2.75) is 25.4 Å². The summed E-state index contributed by atoms with van der Waals surface area (Å²) >= 11 is 6.00. The van der Waals surface area contributed by atoms with Crippen LogP contribution < -0.4 is 10.6 Å². The first kappa shape index (κ1) is 22.7. The standard InChI is InChI=1S/C18H19ClF2N4O3S/c1-11(7-8-29(2,27)28)24-18(26)17-22-9-12(10-23-17)25-15(16(20)21)13-5-3-4-6-14(13)19/h3-11,15-16,25H,1-2H3,(H,24,26)/b8-7+/t11-,15?/m1/s1. The van der Waals surface area contributed by atoms with Gasteiger partial charge in [0.05, 0.1) is 18.1 Å². The highest BCUT2D eigenvalue weighted by molar-refractivity contribution is 7.93. The zero-order valence-electron chi connectivity index (χ0n) is 15.5. The molecule has 2 rings (SSSR count). The van der Waals surface area contributed by atoms with Gasteiger partial charge in [0.1, 0.15) is 6.04 Å². The van der Waals surface area contributed by atoms with Crippen LogP contribution in [0.2, 0.25) is 5.02 Å². The van der Waals surface area contributed by atoms with Gasteiger partial charge in [-0.05, 0) is 18.6 Å². The van der Waals surface area contributed by atoms with Crippen LogP contribution in [0.3, 0.4) is 0 Å². The van der Waals surface area contributed by atoms with E-state index in [-0.39, 0.29) is 22.1 Å². The number of amides is 1. The maximum absolute atomic E-state index is 13.5. The molecular formula is C18H19ClF2N4O3S. The Hall–Kier alpha value is -2.59. The van der Waals surface area contributed by atoms with Gasteiger partial charge in [0.2, 0.25) is 5.82 Å². The minimum Gasteiger partial charge on any atom is -0.370 e. The number of alkyl halides is 2. The highest BCUT2D eigenvalue weighted by Gasteiger charge is 2.24. The van der Waals surface area contributed by atoms with Gasteiger partial charge in [-0.1, -0.05) is 35.9 Å². The summed E-state index contributed by atoms with van der Waals surface area (Å²) in [6, 6.07) is 4.27. The number of carbonyl (C=O) groups excluding carboxylic acids is 1. The molecule has 11 heteroatoms. The molecule has 0 fully saturated rings. The van der Waals surface area contributed by atoms with Crippen molar-refractivity contribution in [1.82, 2.24) is 15.3 Å². The molecule has 2 aromatic rings. The molecule has 0 aliphatic heterocycles. The second kappa shape index (κ2) is 9.75. The second-order valence-corrected chi connectivity index (χ2v) is 8.53. The van der Waals surface area contributed by atoms with E-state index in [0.717, 1.165) is 11.7 Å². The van der Waals surface area contributed by atoms with E-state index in [2.05, 4.69) is 20.6 Å². The van der Waals surface area contributed by atoms with Gasteiger partial charge >= 0.3 is 0 Å². The lowest BCUT2D eigenvalue weighted by atomic mass is 10.1. The highest BCUT2D eigenvalue weighted by atomic mass is 35.5. The smallest absolute Gasteiger partial charge is 0.289 e. The zero-order chi connectivity index (χ0) is 21.6. The van der Waals surface area contributed by atoms with E-state index in [1.807, 2.05) is 0 Å². The fraction of sp³-hybridized carbons (Fsp3) is 0.278. The molecule has 0 aliphatic carbocycles. The number of sulfone groups is 1. The Balaban J connectivity index is 2.08. The summed E-state index contributed by atoms with van der Waals surface area (Å²) in [5.74, 6) is -0.833. The van der Waals surface area contributed by atoms with Crippen LogP contribution in [0.5, 0.6) is 0 Å². The van der Waals surface area contributed by atoms with Gasteiger partial charge in [-0.2, -0.15) is 0 Å². The lowest BCUT2D eigenvalue weighted by Gasteiger charge is -2.20. The maximum Gasteiger partial charge on any atom is 0.289 e. The number of carbonyl (C=O) groups is 1. The topological polar surface area (TPSA) is 101 Å². The van der Waals surface area contributed by atoms with Crippen LogP contribution >= 0.6 is 11.6 Å². The molecule has 1 aromatic carbocycles. The van der Waals surface area contributed by atoms with Gasteiger partial charge < -0.3 is 10.6 Å². The fourth-order valence-electron chi connectivity index (χ4n) is 2.28. The lowest BCUT2D eigenvalue weighted by molar-refractivity contribution is 0.0936. The van der Waals surface area contributed by atoms with Gasteiger partial charge in [-0.25, -0.2) is 27.2 Å². The minimum absolute atomic E-state index is 0.178. The zero-order valence-corrected chi connectivity index (χ0v) is 17.1. The summed E-state index contributed by atoms with van der Waals surface area (Å²) in [5, 5.41) is 6.29. The van der Waals surface area contributed by atoms with Crippen LogP contribution in [-0.2, 0) is 9.84 Å². The van der Waals surface area contributed by atoms with E-state index in [1.54, 1.807) is 19.1 Å². The third-order valence-electron chi connectivity index (χ3n) is 3.64. The number of hydrogen-bond acceptors (Lipinski definition) is 6. The maximum atomic E-state index is 13.5. The Kier molecular flexibility index (Phi) is 7.63. The molecule has 2 atom stereocenters. The Labute approximate surface area is 172 Å². The number of halogens is 3. The molecule has 156 valence electrons. The number of nitrogens with one attached hydrogen (secondary N) is 2. The number of rotatable bonds is 8. The van der Waals surface area contributed by atoms with Crippen LogP contribution in [-0.4, -0.2) is 43.0 Å². The molecular weight excluding hydrogens is 426 g/mol. The minimum atomic E-state index is -3.31. The number of hydrogen-bond donors (Lipinski definition) is 2. The van der Waals surface area contributed by atoms with E-state index in [0.29, 0.717) is 0 Å². The number of nitrogens with zero attached hydrogens (tertiary/aromatic N) is 2. The largest absolute Gasteiger partial charge is 0.370 e. The van der Waals surface area contributed by atoms with Crippen molar-refractivity contribution < 1.29 is 22.0 Å². The normalized spacial score (nSPS) is 14.0. The molecule has 0 saturated heterocycles. The van der Waals surface area contributed by atoms with Crippen molar-refractivity contribution in [2.75, 3.05) is 11.6 Å². The summed E-state index contributed by atoms with van der Waals surface area (Å²) < 4.78 is 49.2. The molecule has 0 saturated carbocycles. The van der Waals surface area contributed by atoms with E-state index in [9.17, 15) is 22.0 Å². The summed E-state index contributed by atoms with van der Waals surface area (Å²) in [4.78, 5) is 19.8. The third-order valence-corrected chi connectivity index (χ3v) is 4.64. The molecule has 7 nitrogen and oxygen atoms in total. The van der Waals surface area contributed by atoms with Crippen LogP contribution in [0.1, 0.15) is 29.1 Å². The number of aromatic nitrogens is 2. The molecule has 0 bridgehead atoms. The van der Waals surface area contributed by atoms with E-state index in [4.69, 9.17) is 11.6 Å². The van der Waals surface area contributed by atoms with E-state index in [1.165, 1.54) is 30.6 Å². The predicted octanol–water partition coefficient (Wildman–Crippen LogP) is 3.22. The summed E-state index contributed by atoms with van der Waals surface area (Å²) in [7, 11) is -3.31. The van der Waals surface area contributed by atoms with Crippen LogP contribution in [0.25, 0.3) is 0 Å². The molecule has 0 spiro atoms. The highest BCUT2D eigenvalue weighted by Crippen LogP contribution is 2.30. The van der Waals surface area contributed by atoms with Gasteiger partial charge in [0, 0.05) is 22.7 Å². The Bertz CT molecular complexity index is 985. The first-order valence-electron chi connectivity index (χ1n) is 8.37. The van der Waals surface area contributed by atoms with Crippen molar-refractivity contribution in [1.29, 1.82) is 0 Å². The molecule has 0 radical (unpaired) electrons. The second-order valence-electron chi connectivity index (χ2n) is 6.19. The van der Waals surface area contributed by atoms with Crippen LogP contribution in [0.15, 0.2) is 48.1 Å². The number of anilines is 1. The summed E-state index contributed by atoms with van der Waals surface area (Å²) in [6.45, 7) is 1.58. The summed E-state index contributed by atoms with van der Waals surface area (Å²) in [6.07, 6.45) is 1.98. The first-order chi connectivity index (χ1) is 13.6. The van der Waals surface area contributed by atoms with E-state index < -0.39 is 34.3 Å². The third kappa shape index (κ3) is 7.06. The van der Waals surface area contributed by atoms with Crippen molar-refractivity contribution >= 4 is 33.0 Å². The van der Waals surface area contributed by atoms with E-state index >= 15 is 0 Å². The SMILES string of the molecule is C[C@H](/C=C/S(C)(=O)=O)NC(=O)c1ncc(NC(c2ccccc2Cl)C(F)F)cn1. The average molecular weight is 445 g/mol. The lowest BCUT2D eigenvalue weighted by Crippen LogP contribution is -2.32. The van der Waals surface area contributed by atoms with Gasteiger partial charge in [-0.15, -0.1) is 0 Å². The average Bonchev–Trinajstić information content (AvgIpc) is 2.65. The van der Waals surface area contributed by atoms with Crippen LogP contribution in [0.4, 0.5) is 14.5 Å². The van der Waals surface area contributed by atoms with Crippen LogP contribution in [0, 0.1) is 0 Å². The molecule has 1 amide bonds. The molecule has 1 unspecified atom stereocenters. The van der Waals surface area contributed by atoms with Crippen molar-refractivity contribution in [3.8, 4) is 0 Å². The molecule has 0 aliphatic rings. The molecule has 2 N–H and O–H groups in total. The van der Waals surface area contributed by atoms with Gasteiger partial charge in [-0.3, -0.25) is 4.79 Å². The van der Waals surface area contributed by atoms with Crippen molar-refractivity contribution in [3.63, 3.8) is 0 Å². The van der Waals surface area contributed by atoms with Gasteiger partial charge in [0.25, 0.3) is 12.3 Å². The summed E-state index contributed by atoms with van der Waals surface area (Å²) in [5.41, 5.74) is 0.397. The Morgan fingerprint density at radius 2 is 1.83 bits per heavy atom. The quantitative estimate of drug-likeness (QED) is 0.648. The number of benzene rings is 1. The van der Waals surface area contributed by atoms with Crippen molar-refractivity contribution in [2.24, 2.45) is 0 Å². The van der Waals surface area contributed by atoms with Crippen molar-refractivity contribution in [3.05, 3.63) is 64.6 Å². The Morgan fingerprint density at radius 1 is 1.21 bits per heavy atom. The monoisotopic (exact) mass is 444 g/mol. The molecule has 29 heavy (non-hydrogen) atoms. The Morgan fingerprint density at radius 3 is 2.38 bits per heavy atom. The molecule has 1 aromatic heterocycles. The molecule has 1 heterocycles.